The van der Waals surface area contributed by atoms with Crippen LogP contribution in [0.3, 0.4) is 0 Å². The number of hydrogen-bond acceptors (Lipinski definition) is 5. The highest BCUT2D eigenvalue weighted by atomic mass is 32.1. The predicted octanol–water partition coefficient (Wildman–Crippen LogP) is 5.78. The van der Waals surface area contributed by atoms with E-state index in [1.165, 1.54) is 5.56 Å². The summed E-state index contributed by atoms with van der Waals surface area (Å²) in [6.07, 6.45) is 0.814. The first-order chi connectivity index (χ1) is 15.8. The summed E-state index contributed by atoms with van der Waals surface area (Å²) in [7, 11) is -0.105. The van der Waals surface area contributed by atoms with E-state index >= 15 is 0 Å². The summed E-state index contributed by atoms with van der Waals surface area (Å²) in [5.74, 6) is 0.323. The second-order valence-corrected chi connectivity index (χ2v) is 11.0. The SMILES string of the molecule is C[N+](C)(CCc1csc2cccc(OP(=O)([O-])OCc3ccccc3)c12)Cc1ccccc1. The van der Waals surface area contributed by atoms with Gasteiger partial charge in [-0.25, -0.2) is 0 Å². The van der Waals surface area contributed by atoms with Gasteiger partial charge in [0.05, 0.1) is 27.2 Å². The number of quaternary nitrogens is 1. The van der Waals surface area contributed by atoms with Gasteiger partial charge in [0.25, 0.3) is 0 Å². The zero-order chi connectivity index (χ0) is 23.3. The average molecular weight is 482 g/mol. The Morgan fingerprint density at radius 2 is 1.58 bits per heavy atom. The highest BCUT2D eigenvalue weighted by Crippen LogP contribution is 2.45. The smallest absolute Gasteiger partial charge is 0.320 e. The molecular formula is C26H28NO4PS. The zero-order valence-electron chi connectivity index (χ0n) is 18.8. The van der Waals surface area contributed by atoms with Crippen LogP contribution in [0.15, 0.2) is 84.2 Å². The van der Waals surface area contributed by atoms with Gasteiger partial charge in [-0.3, -0.25) is 4.57 Å². The van der Waals surface area contributed by atoms with Gasteiger partial charge in [0.2, 0.25) is 0 Å². The van der Waals surface area contributed by atoms with Crippen LogP contribution in [0.1, 0.15) is 16.7 Å². The maximum atomic E-state index is 12.6. The largest absolute Gasteiger partial charge is 0.746 e. The quantitative estimate of drug-likeness (QED) is 0.213. The molecule has 0 spiro atoms. The maximum absolute atomic E-state index is 12.6. The van der Waals surface area contributed by atoms with Gasteiger partial charge in [-0.1, -0.05) is 66.7 Å². The number of fused-ring (bicyclic) bond motifs is 1. The molecule has 4 rings (SSSR count). The summed E-state index contributed by atoms with van der Waals surface area (Å²) in [6.45, 7) is 1.78. The van der Waals surface area contributed by atoms with E-state index in [4.69, 9.17) is 9.05 Å². The number of phosphoric acid groups is 1. The number of nitrogens with zero attached hydrogens (tertiary/aromatic N) is 1. The van der Waals surface area contributed by atoms with Crippen molar-refractivity contribution >= 4 is 29.2 Å². The maximum Gasteiger partial charge on any atom is 0.320 e. The molecule has 7 heteroatoms. The Kier molecular flexibility index (Phi) is 7.32. The van der Waals surface area contributed by atoms with Gasteiger partial charge < -0.3 is 18.4 Å². The molecule has 0 fully saturated rings. The standard InChI is InChI=1S/C26H28NO4PS/c1-27(2,18-21-10-5-3-6-11-21)17-16-23-20-33-25-15-9-14-24(26(23)25)31-32(28,29)30-19-22-12-7-4-8-13-22/h3-15,20H,16-19H2,1-2H3. The molecule has 0 saturated carbocycles. The number of benzene rings is 3. The third-order valence-electron chi connectivity index (χ3n) is 5.52. The van der Waals surface area contributed by atoms with Gasteiger partial charge in [-0.05, 0) is 28.6 Å². The van der Waals surface area contributed by atoms with Crippen LogP contribution >= 0.6 is 19.2 Å². The number of hydrogen-bond donors (Lipinski definition) is 0. The summed E-state index contributed by atoms with van der Waals surface area (Å²) in [5, 5.41) is 2.95. The van der Waals surface area contributed by atoms with E-state index in [-0.39, 0.29) is 6.61 Å². The van der Waals surface area contributed by atoms with Gasteiger partial charge in [0, 0.05) is 22.1 Å². The molecule has 5 nitrogen and oxygen atoms in total. The fraction of sp³-hybridized carbons (Fsp3) is 0.231. The lowest BCUT2D eigenvalue weighted by Gasteiger charge is -2.30. The highest BCUT2D eigenvalue weighted by Gasteiger charge is 2.20. The lowest BCUT2D eigenvalue weighted by molar-refractivity contribution is -0.903. The molecule has 1 aromatic heterocycles. The summed E-state index contributed by atoms with van der Waals surface area (Å²) < 4.78 is 25.0. The first kappa shape index (κ1) is 23.7. The second kappa shape index (κ2) is 10.2. The van der Waals surface area contributed by atoms with Crippen LogP contribution in [0, 0.1) is 0 Å². The Labute approximate surface area is 199 Å². The lowest BCUT2D eigenvalue weighted by Crippen LogP contribution is -2.40. The van der Waals surface area contributed by atoms with Crippen LogP contribution in [0.4, 0.5) is 0 Å². The van der Waals surface area contributed by atoms with Crippen molar-refractivity contribution in [2.24, 2.45) is 0 Å². The number of thiophene rings is 1. The minimum absolute atomic E-state index is 0.0563. The van der Waals surface area contributed by atoms with E-state index in [2.05, 4.69) is 43.7 Å². The monoisotopic (exact) mass is 481 g/mol. The predicted molar refractivity (Wildman–Crippen MR) is 132 cm³/mol. The van der Waals surface area contributed by atoms with Crippen LogP contribution in [-0.2, 0) is 28.7 Å². The van der Waals surface area contributed by atoms with Crippen LogP contribution in [0.25, 0.3) is 10.1 Å². The van der Waals surface area contributed by atoms with Crippen LogP contribution in [0.2, 0.25) is 0 Å². The van der Waals surface area contributed by atoms with Crippen molar-refractivity contribution in [3.63, 3.8) is 0 Å². The third kappa shape index (κ3) is 6.53. The Bertz CT molecular complexity index is 1240. The van der Waals surface area contributed by atoms with E-state index in [1.807, 2.05) is 48.5 Å². The van der Waals surface area contributed by atoms with Gasteiger partial charge in [-0.15, -0.1) is 11.3 Å². The fourth-order valence-corrected chi connectivity index (χ4v) is 5.60. The minimum atomic E-state index is -4.53. The average Bonchev–Trinajstić information content (AvgIpc) is 3.22. The molecule has 172 valence electrons. The Hall–Kier alpha value is -2.47. The van der Waals surface area contributed by atoms with Crippen molar-refractivity contribution in [3.8, 4) is 5.75 Å². The summed E-state index contributed by atoms with van der Waals surface area (Å²) in [6, 6.07) is 25.1. The van der Waals surface area contributed by atoms with E-state index in [0.717, 1.165) is 45.2 Å². The molecule has 0 bridgehead atoms. The normalized spacial score (nSPS) is 13.7. The number of likely N-dealkylation sites (N-methyl/N-ethyl adjacent to an activating group) is 1. The summed E-state index contributed by atoms with van der Waals surface area (Å²) in [5.41, 5.74) is 3.16. The molecule has 0 N–H and O–H groups in total. The van der Waals surface area contributed by atoms with E-state index in [9.17, 15) is 9.46 Å². The molecule has 0 aliphatic heterocycles. The van der Waals surface area contributed by atoms with Gasteiger partial charge in [0.1, 0.15) is 12.3 Å². The van der Waals surface area contributed by atoms with Crippen LogP contribution < -0.4 is 9.42 Å². The van der Waals surface area contributed by atoms with Gasteiger partial charge in [-0.2, -0.15) is 0 Å². The first-order valence-corrected chi connectivity index (χ1v) is 13.2. The number of phosphoric ester groups is 1. The summed E-state index contributed by atoms with van der Waals surface area (Å²) >= 11 is 1.60. The molecule has 33 heavy (non-hydrogen) atoms. The third-order valence-corrected chi connectivity index (χ3v) is 7.38. The van der Waals surface area contributed by atoms with Gasteiger partial charge >= 0.3 is 7.82 Å². The van der Waals surface area contributed by atoms with Crippen molar-refractivity contribution in [3.05, 3.63) is 101 Å². The molecule has 1 heterocycles. The fourth-order valence-electron chi connectivity index (χ4n) is 3.83. The van der Waals surface area contributed by atoms with Crippen molar-refractivity contribution in [1.82, 2.24) is 0 Å². The molecule has 0 saturated heterocycles. The molecule has 1 atom stereocenters. The molecule has 0 amide bonds. The molecule has 3 aromatic carbocycles. The Balaban J connectivity index is 1.47. The zero-order valence-corrected chi connectivity index (χ0v) is 20.6. The van der Waals surface area contributed by atoms with Gasteiger partial charge in [0.15, 0.2) is 0 Å². The molecule has 0 aliphatic carbocycles. The molecular weight excluding hydrogens is 453 g/mol. The van der Waals surface area contributed by atoms with Crippen molar-refractivity contribution < 1.29 is 23.0 Å². The lowest BCUT2D eigenvalue weighted by atomic mass is 10.1. The van der Waals surface area contributed by atoms with E-state index in [0.29, 0.717) is 5.75 Å². The molecule has 4 aromatic rings. The highest BCUT2D eigenvalue weighted by molar-refractivity contribution is 7.46. The molecule has 0 radical (unpaired) electrons. The van der Waals surface area contributed by atoms with Crippen molar-refractivity contribution in [1.29, 1.82) is 0 Å². The summed E-state index contributed by atoms with van der Waals surface area (Å²) in [4.78, 5) is 12.6. The van der Waals surface area contributed by atoms with Crippen LogP contribution in [0.5, 0.6) is 5.75 Å². The van der Waals surface area contributed by atoms with Crippen molar-refractivity contribution in [2.45, 2.75) is 19.6 Å². The Morgan fingerprint density at radius 3 is 2.27 bits per heavy atom. The second-order valence-electron chi connectivity index (χ2n) is 8.74. The topological polar surface area (TPSA) is 58.6 Å². The van der Waals surface area contributed by atoms with E-state index in [1.54, 1.807) is 17.4 Å². The minimum Gasteiger partial charge on any atom is -0.746 e. The Morgan fingerprint density at radius 1 is 0.909 bits per heavy atom. The van der Waals surface area contributed by atoms with Crippen LogP contribution in [-0.4, -0.2) is 25.1 Å². The van der Waals surface area contributed by atoms with E-state index < -0.39 is 7.82 Å². The molecule has 1 unspecified atom stereocenters. The van der Waals surface area contributed by atoms with Crippen molar-refractivity contribution in [2.75, 3.05) is 20.6 Å². The molecule has 0 aliphatic rings. The number of rotatable bonds is 10. The first-order valence-electron chi connectivity index (χ1n) is 10.9.